The van der Waals surface area contributed by atoms with Crippen LogP contribution in [0, 0.1) is 0 Å². The molecule has 0 unspecified atom stereocenters. The number of pyridine rings is 1. The second kappa shape index (κ2) is 9.93. The lowest BCUT2D eigenvalue weighted by Crippen LogP contribution is -2.24. The Balaban J connectivity index is 1.37. The van der Waals surface area contributed by atoms with Crippen molar-refractivity contribution in [2.75, 3.05) is 12.4 Å². The van der Waals surface area contributed by atoms with Crippen molar-refractivity contribution in [3.05, 3.63) is 94.9 Å². The van der Waals surface area contributed by atoms with Crippen molar-refractivity contribution in [3.8, 4) is 5.75 Å². The zero-order valence-corrected chi connectivity index (χ0v) is 18.1. The summed E-state index contributed by atoms with van der Waals surface area (Å²) in [5.41, 5.74) is 2.93. The second-order valence-corrected chi connectivity index (χ2v) is 7.41. The molecule has 9 heteroatoms. The zero-order valence-electron chi connectivity index (χ0n) is 17.3. The molecule has 0 spiro atoms. The van der Waals surface area contributed by atoms with E-state index < -0.39 is 0 Å². The van der Waals surface area contributed by atoms with Gasteiger partial charge in [-0.05, 0) is 54.1 Å². The molecule has 0 aliphatic rings. The Labute approximate surface area is 190 Å². The van der Waals surface area contributed by atoms with Crippen molar-refractivity contribution in [2.24, 2.45) is 0 Å². The van der Waals surface area contributed by atoms with E-state index in [0.717, 1.165) is 17.0 Å². The molecule has 2 aromatic heterocycles. The zero-order chi connectivity index (χ0) is 22.3. The van der Waals surface area contributed by atoms with Crippen molar-refractivity contribution in [3.63, 3.8) is 0 Å². The standard InChI is InChI=1S/C23H21ClN6O2/c1-32-20-10-4-16(5-11-20)14-30-15-19(28-29-30)13-26-23(31)21-3-2-12-25-22(21)27-18-8-6-17(24)7-9-18/h2-12,15H,13-14H2,1H3,(H,25,27)(H,26,31). The maximum atomic E-state index is 12.8. The first kappa shape index (κ1) is 21.3. The van der Waals surface area contributed by atoms with E-state index in [-0.39, 0.29) is 12.5 Å². The lowest BCUT2D eigenvalue weighted by molar-refractivity contribution is 0.0951. The van der Waals surface area contributed by atoms with Gasteiger partial charge in [-0.25, -0.2) is 9.67 Å². The number of hydrogen-bond donors (Lipinski definition) is 2. The van der Waals surface area contributed by atoms with Crippen molar-refractivity contribution < 1.29 is 9.53 Å². The summed E-state index contributed by atoms with van der Waals surface area (Å²) in [5, 5.41) is 14.9. The molecule has 0 fully saturated rings. The van der Waals surface area contributed by atoms with Gasteiger partial charge in [-0.1, -0.05) is 28.9 Å². The highest BCUT2D eigenvalue weighted by molar-refractivity contribution is 6.30. The normalized spacial score (nSPS) is 10.6. The molecule has 0 aliphatic carbocycles. The van der Waals surface area contributed by atoms with Gasteiger partial charge in [-0.2, -0.15) is 0 Å². The molecule has 8 nitrogen and oxygen atoms in total. The second-order valence-electron chi connectivity index (χ2n) is 6.97. The van der Waals surface area contributed by atoms with Crippen molar-refractivity contribution in [1.29, 1.82) is 0 Å². The summed E-state index contributed by atoms with van der Waals surface area (Å²) in [5.74, 6) is 0.991. The van der Waals surface area contributed by atoms with E-state index in [1.807, 2.05) is 36.4 Å². The van der Waals surface area contributed by atoms with Crippen LogP contribution in [0.2, 0.25) is 5.02 Å². The number of amides is 1. The highest BCUT2D eigenvalue weighted by atomic mass is 35.5. The Morgan fingerprint density at radius 3 is 2.62 bits per heavy atom. The monoisotopic (exact) mass is 448 g/mol. The van der Waals surface area contributed by atoms with Crippen LogP contribution in [-0.2, 0) is 13.1 Å². The van der Waals surface area contributed by atoms with Crippen LogP contribution in [0.5, 0.6) is 5.75 Å². The number of methoxy groups -OCH3 is 1. The molecule has 4 rings (SSSR count). The molecule has 162 valence electrons. The number of carbonyl (C=O) groups is 1. The molecular formula is C23H21ClN6O2. The summed E-state index contributed by atoms with van der Waals surface area (Å²) < 4.78 is 6.89. The van der Waals surface area contributed by atoms with Gasteiger partial charge in [0.2, 0.25) is 0 Å². The van der Waals surface area contributed by atoms with Crippen LogP contribution < -0.4 is 15.4 Å². The molecule has 0 saturated carbocycles. The number of anilines is 2. The minimum atomic E-state index is -0.265. The molecule has 0 radical (unpaired) electrons. The number of ether oxygens (including phenoxy) is 1. The van der Waals surface area contributed by atoms with Gasteiger partial charge >= 0.3 is 0 Å². The van der Waals surface area contributed by atoms with Crippen molar-refractivity contribution in [2.45, 2.75) is 13.1 Å². The number of aromatic nitrogens is 4. The lowest BCUT2D eigenvalue weighted by atomic mass is 10.2. The van der Waals surface area contributed by atoms with Gasteiger partial charge < -0.3 is 15.4 Å². The fourth-order valence-corrected chi connectivity index (χ4v) is 3.16. The SMILES string of the molecule is COc1ccc(Cn2cc(CNC(=O)c3cccnc3Nc3ccc(Cl)cc3)nn2)cc1. The van der Waals surface area contributed by atoms with Crippen LogP contribution in [0.3, 0.4) is 0 Å². The quantitative estimate of drug-likeness (QED) is 0.422. The number of carbonyl (C=O) groups excluding carboxylic acids is 1. The smallest absolute Gasteiger partial charge is 0.255 e. The van der Waals surface area contributed by atoms with Gasteiger partial charge in [0.25, 0.3) is 5.91 Å². The number of halogens is 1. The van der Waals surface area contributed by atoms with Gasteiger partial charge in [-0.15, -0.1) is 5.10 Å². The van der Waals surface area contributed by atoms with Crippen LogP contribution >= 0.6 is 11.6 Å². The Bertz CT molecular complexity index is 1190. The molecule has 2 aromatic carbocycles. The number of rotatable bonds is 8. The van der Waals surface area contributed by atoms with Gasteiger partial charge in [0.05, 0.1) is 32.0 Å². The van der Waals surface area contributed by atoms with Crippen LogP contribution in [0.1, 0.15) is 21.6 Å². The first-order chi connectivity index (χ1) is 15.6. The number of nitrogens with zero attached hydrogens (tertiary/aromatic N) is 4. The third kappa shape index (κ3) is 5.41. The van der Waals surface area contributed by atoms with Crippen LogP contribution in [0.4, 0.5) is 11.5 Å². The Morgan fingerprint density at radius 1 is 1.09 bits per heavy atom. The van der Waals surface area contributed by atoms with Gasteiger partial charge in [0.1, 0.15) is 17.3 Å². The first-order valence-electron chi connectivity index (χ1n) is 9.88. The number of hydrogen-bond acceptors (Lipinski definition) is 6. The summed E-state index contributed by atoms with van der Waals surface area (Å²) in [7, 11) is 1.63. The predicted octanol–water partition coefficient (Wildman–Crippen LogP) is 4.06. The molecule has 0 aliphatic heterocycles. The summed E-state index contributed by atoms with van der Waals surface area (Å²) in [6.45, 7) is 0.819. The van der Waals surface area contributed by atoms with E-state index in [1.165, 1.54) is 0 Å². The summed E-state index contributed by atoms with van der Waals surface area (Å²) in [4.78, 5) is 17.1. The summed E-state index contributed by atoms with van der Waals surface area (Å²) in [6, 6.07) is 18.3. The van der Waals surface area contributed by atoms with Gasteiger partial charge in [-0.3, -0.25) is 4.79 Å². The minimum absolute atomic E-state index is 0.247. The molecule has 2 heterocycles. The highest BCUT2D eigenvalue weighted by Gasteiger charge is 2.13. The molecule has 0 bridgehead atoms. The first-order valence-corrected chi connectivity index (χ1v) is 10.3. The van der Waals surface area contributed by atoms with E-state index in [1.54, 1.807) is 48.5 Å². The summed E-state index contributed by atoms with van der Waals surface area (Å²) >= 11 is 5.93. The topological polar surface area (TPSA) is 94.0 Å². The van der Waals surface area contributed by atoms with Crippen LogP contribution in [0.15, 0.2) is 73.1 Å². The highest BCUT2D eigenvalue weighted by Crippen LogP contribution is 2.20. The molecule has 4 aromatic rings. The average Bonchev–Trinajstić information content (AvgIpc) is 3.27. The van der Waals surface area contributed by atoms with Crippen molar-refractivity contribution in [1.82, 2.24) is 25.3 Å². The van der Waals surface area contributed by atoms with Crippen LogP contribution in [-0.4, -0.2) is 33.0 Å². The summed E-state index contributed by atoms with van der Waals surface area (Å²) in [6.07, 6.45) is 3.43. The Morgan fingerprint density at radius 2 is 1.88 bits per heavy atom. The molecule has 0 saturated heterocycles. The predicted molar refractivity (Wildman–Crippen MR) is 122 cm³/mol. The molecule has 0 atom stereocenters. The molecular weight excluding hydrogens is 428 g/mol. The van der Waals surface area contributed by atoms with E-state index in [9.17, 15) is 4.79 Å². The number of nitrogens with one attached hydrogen (secondary N) is 2. The van der Waals surface area contributed by atoms with Crippen LogP contribution in [0.25, 0.3) is 0 Å². The van der Waals surface area contributed by atoms with E-state index >= 15 is 0 Å². The van der Waals surface area contributed by atoms with E-state index in [0.29, 0.717) is 28.6 Å². The van der Waals surface area contributed by atoms with Gasteiger partial charge in [0.15, 0.2) is 0 Å². The molecule has 1 amide bonds. The number of benzene rings is 2. The minimum Gasteiger partial charge on any atom is -0.497 e. The van der Waals surface area contributed by atoms with E-state index in [2.05, 4.69) is 25.9 Å². The van der Waals surface area contributed by atoms with Crippen molar-refractivity contribution >= 4 is 29.0 Å². The van der Waals surface area contributed by atoms with Gasteiger partial charge in [0, 0.05) is 16.9 Å². The average molecular weight is 449 g/mol. The largest absolute Gasteiger partial charge is 0.497 e. The third-order valence-electron chi connectivity index (χ3n) is 4.68. The lowest BCUT2D eigenvalue weighted by Gasteiger charge is -2.11. The third-order valence-corrected chi connectivity index (χ3v) is 4.93. The Hall–Kier alpha value is -3.91. The fourth-order valence-electron chi connectivity index (χ4n) is 3.04. The molecule has 32 heavy (non-hydrogen) atoms. The molecule has 2 N–H and O–H groups in total. The Kier molecular flexibility index (Phi) is 6.62. The maximum Gasteiger partial charge on any atom is 0.255 e. The van der Waals surface area contributed by atoms with E-state index in [4.69, 9.17) is 16.3 Å². The maximum absolute atomic E-state index is 12.8. The fraction of sp³-hybridized carbons (Fsp3) is 0.130.